The summed E-state index contributed by atoms with van der Waals surface area (Å²) >= 11 is 0. The van der Waals surface area contributed by atoms with Crippen LogP contribution in [0.15, 0.2) is 72.8 Å². The molecule has 1 aliphatic rings. The quantitative estimate of drug-likeness (QED) is 0.422. The van der Waals surface area contributed by atoms with Gasteiger partial charge in [0.25, 0.3) is 0 Å². The second-order valence-electron chi connectivity index (χ2n) is 9.05. The van der Waals surface area contributed by atoms with Crippen LogP contribution in [0.25, 0.3) is 22.0 Å². The van der Waals surface area contributed by atoms with Crippen LogP contribution in [-0.4, -0.2) is 46.3 Å². The number of benzene rings is 3. The Morgan fingerprint density at radius 1 is 0.944 bits per heavy atom. The Labute approximate surface area is 208 Å². The van der Waals surface area contributed by atoms with Crippen molar-refractivity contribution < 1.29 is 9.18 Å². The minimum absolute atomic E-state index is 0.0792. The van der Waals surface area contributed by atoms with Crippen LogP contribution in [0.2, 0.25) is 0 Å². The molecule has 2 unspecified atom stereocenters. The maximum atomic E-state index is 13.5. The molecule has 36 heavy (non-hydrogen) atoms. The van der Waals surface area contributed by atoms with E-state index in [9.17, 15) is 9.18 Å². The molecule has 8 heteroatoms. The Morgan fingerprint density at radius 2 is 1.58 bits per heavy atom. The summed E-state index contributed by atoms with van der Waals surface area (Å²) in [6.07, 6.45) is 0. The number of carbonyl (C=O) groups excluding carboxylic acids is 1. The fourth-order valence-electron chi connectivity index (χ4n) is 4.86. The summed E-state index contributed by atoms with van der Waals surface area (Å²) in [6.45, 7) is 5.23. The Kier molecular flexibility index (Phi) is 6.21. The standard InChI is InChI=1S/C28H25FN6O/c1-18-16-34(17-19(2)35(18)28(36)31-23-13-7-20(15-30)8-14-23)27-25-6-4-3-5-24(25)26(32-33-27)21-9-11-22(29)12-10-21/h3-14,18-19H,16-17H2,1-2H3,(H,31,36). The van der Waals surface area contributed by atoms with Gasteiger partial charge in [0.05, 0.1) is 11.6 Å². The minimum atomic E-state index is -0.295. The highest BCUT2D eigenvalue weighted by Crippen LogP contribution is 2.33. The summed E-state index contributed by atoms with van der Waals surface area (Å²) in [6, 6.07) is 22.8. The number of anilines is 2. The SMILES string of the molecule is CC1CN(c2nnc(-c3ccc(F)cc3)c3ccccc23)CC(C)N1C(=O)Nc1ccc(C#N)cc1. The smallest absolute Gasteiger partial charge is 0.322 e. The molecule has 0 spiro atoms. The lowest BCUT2D eigenvalue weighted by Gasteiger charge is -2.44. The fraction of sp³-hybridized carbons (Fsp3) is 0.214. The van der Waals surface area contributed by atoms with Gasteiger partial charge in [-0.3, -0.25) is 0 Å². The van der Waals surface area contributed by atoms with Gasteiger partial charge in [-0.05, 0) is 62.4 Å². The fourth-order valence-corrected chi connectivity index (χ4v) is 4.86. The van der Waals surface area contributed by atoms with Crippen LogP contribution in [0.4, 0.5) is 20.7 Å². The van der Waals surface area contributed by atoms with Crippen molar-refractivity contribution in [2.75, 3.05) is 23.3 Å². The van der Waals surface area contributed by atoms with E-state index in [2.05, 4.69) is 26.5 Å². The summed E-state index contributed by atoms with van der Waals surface area (Å²) in [5, 5.41) is 22.9. The predicted octanol–water partition coefficient (Wildman–Crippen LogP) is 5.44. The first-order chi connectivity index (χ1) is 17.4. The van der Waals surface area contributed by atoms with Gasteiger partial charge in [0.2, 0.25) is 0 Å². The van der Waals surface area contributed by atoms with Crippen LogP contribution in [0.1, 0.15) is 19.4 Å². The summed E-state index contributed by atoms with van der Waals surface area (Å²) in [5.41, 5.74) is 2.70. The average molecular weight is 481 g/mol. The summed E-state index contributed by atoms with van der Waals surface area (Å²) in [4.78, 5) is 17.1. The van der Waals surface area contributed by atoms with Crippen molar-refractivity contribution in [3.63, 3.8) is 0 Å². The number of fused-ring (bicyclic) bond motifs is 1. The molecule has 180 valence electrons. The van der Waals surface area contributed by atoms with Gasteiger partial charge in [-0.25, -0.2) is 9.18 Å². The average Bonchev–Trinajstić information content (AvgIpc) is 2.88. The van der Waals surface area contributed by atoms with Crippen LogP contribution in [0.3, 0.4) is 0 Å². The summed E-state index contributed by atoms with van der Waals surface area (Å²) in [5.74, 6) is 0.471. The van der Waals surface area contributed by atoms with Crippen molar-refractivity contribution >= 4 is 28.3 Å². The molecule has 3 aromatic carbocycles. The molecule has 1 N–H and O–H groups in total. The van der Waals surface area contributed by atoms with Crippen molar-refractivity contribution in [2.24, 2.45) is 0 Å². The van der Waals surface area contributed by atoms with E-state index in [0.29, 0.717) is 30.0 Å². The first-order valence-electron chi connectivity index (χ1n) is 11.8. The van der Waals surface area contributed by atoms with Crippen LogP contribution in [0, 0.1) is 17.1 Å². The lowest BCUT2D eigenvalue weighted by molar-refractivity contribution is 0.153. The molecule has 1 saturated heterocycles. The number of nitrogens with one attached hydrogen (secondary N) is 1. The van der Waals surface area contributed by atoms with Gasteiger partial charge in [0.15, 0.2) is 5.82 Å². The molecule has 4 aromatic rings. The first-order valence-corrected chi connectivity index (χ1v) is 11.8. The van der Waals surface area contributed by atoms with Crippen LogP contribution in [-0.2, 0) is 0 Å². The molecule has 1 fully saturated rings. The second-order valence-corrected chi connectivity index (χ2v) is 9.05. The van der Waals surface area contributed by atoms with E-state index in [4.69, 9.17) is 5.26 Å². The van der Waals surface area contributed by atoms with E-state index in [0.717, 1.165) is 22.2 Å². The van der Waals surface area contributed by atoms with Crippen LogP contribution >= 0.6 is 0 Å². The number of aromatic nitrogens is 2. The highest BCUT2D eigenvalue weighted by atomic mass is 19.1. The molecule has 7 nitrogen and oxygen atoms in total. The largest absolute Gasteiger partial charge is 0.351 e. The Balaban J connectivity index is 1.39. The van der Waals surface area contributed by atoms with Gasteiger partial charge in [-0.1, -0.05) is 24.3 Å². The van der Waals surface area contributed by atoms with E-state index in [1.54, 1.807) is 36.4 Å². The predicted molar refractivity (Wildman–Crippen MR) is 138 cm³/mol. The van der Waals surface area contributed by atoms with Crippen molar-refractivity contribution in [3.8, 4) is 17.3 Å². The third-order valence-electron chi connectivity index (χ3n) is 6.50. The summed E-state index contributed by atoms with van der Waals surface area (Å²) in [7, 11) is 0. The number of hydrogen-bond donors (Lipinski definition) is 1. The Hall–Kier alpha value is -4.51. The number of nitriles is 1. The summed E-state index contributed by atoms with van der Waals surface area (Å²) < 4.78 is 13.5. The van der Waals surface area contributed by atoms with Crippen molar-refractivity contribution in [1.29, 1.82) is 5.26 Å². The maximum absolute atomic E-state index is 13.5. The van der Waals surface area contributed by atoms with E-state index in [1.807, 2.05) is 43.0 Å². The minimum Gasteiger partial charge on any atom is -0.351 e. The van der Waals surface area contributed by atoms with E-state index >= 15 is 0 Å². The number of rotatable bonds is 3. The zero-order chi connectivity index (χ0) is 25.2. The molecule has 2 atom stereocenters. The zero-order valence-electron chi connectivity index (χ0n) is 20.0. The van der Waals surface area contributed by atoms with Gasteiger partial charge in [0.1, 0.15) is 11.5 Å². The lowest BCUT2D eigenvalue weighted by atomic mass is 10.0. The van der Waals surface area contributed by atoms with Crippen molar-refractivity contribution in [3.05, 3.63) is 84.2 Å². The highest BCUT2D eigenvalue weighted by Gasteiger charge is 2.34. The van der Waals surface area contributed by atoms with Gasteiger partial charge in [-0.2, -0.15) is 5.26 Å². The van der Waals surface area contributed by atoms with Crippen LogP contribution < -0.4 is 10.2 Å². The molecule has 0 saturated carbocycles. The third-order valence-corrected chi connectivity index (χ3v) is 6.50. The number of carbonyl (C=O) groups is 1. The van der Waals surface area contributed by atoms with Crippen LogP contribution in [0.5, 0.6) is 0 Å². The molecular formula is C28H25FN6O. The Bertz CT molecular complexity index is 1440. The number of nitrogens with zero attached hydrogens (tertiary/aromatic N) is 5. The molecule has 2 heterocycles. The molecule has 1 aromatic heterocycles. The number of amides is 2. The zero-order valence-corrected chi connectivity index (χ0v) is 20.0. The van der Waals surface area contributed by atoms with Crippen molar-refractivity contribution in [1.82, 2.24) is 15.1 Å². The van der Waals surface area contributed by atoms with Gasteiger partial charge < -0.3 is 15.1 Å². The molecule has 5 rings (SSSR count). The molecule has 1 aliphatic heterocycles. The third kappa shape index (κ3) is 4.43. The number of piperazine rings is 1. The number of hydrogen-bond acceptors (Lipinski definition) is 5. The molecule has 0 radical (unpaired) electrons. The second kappa shape index (κ2) is 9.62. The van der Waals surface area contributed by atoms with Gasteiger partial charge in [0, 0.05) is 47.2 Å². The molecule has 0 aliphatic carbocycles. The number of halogens is 1. The molecular weight excluding hydrogens is 455 g/mol. The normalized spacial score (nSPS) is 17.6. The van der Waals surface area contributed by atoms with Gasteiger partial charge >= 0.3 is 6.03 Å². The van der Waals surface area contributed by atoms with E-state index < -0.39 is 0 Å². The Morgan fingerprint density at radius 3 is 2.22 bits per heavy atom. The van der Waals surface area contributed by atoms with E-state index in [-0.39, 0.29) is 23.9 Å². The first kappa shape index (κ1) is 23.2. The molecule has 0 bridgehead atoms. The van der Waals surface area contributed by atoms with Gasteiger partial charge in [-0.15, -0.1) is 10.2 Å². The lowest BCUT2D eigenvalue weighted by Crippen LogP contribution is -2.60. The highest BCUT2D eigenvalue weighted by molar-refractivity contribution is 6.00. The topological polar surface area (TPSA) is 85.2 Å². The van der Waals surface area contributed by atoms with E-state index in [1.165, 1.54) is 12.1 Å². The monoisotopic (exact) mass is 480 g/mol. The van der Waals surface area contributed by atoms with Crippen molar-refractivity contribution in [2.45, 2.75) is 25.9 Å². The molecule has 2 amide bonds. The number of urea groups is 1. The maximum Gasteiger partial charge on any atom is 0.322 e.